The number of hydrogen-bond donors (Lipinski definition) is 1. The van der Waals surface area contributed by atoms with E-state index in [0.717, 1.165) is 24.8 Å². The van der Waals surface area contributed by atoms with Gasteiger partial charge in [0.05, 0.1) is 6.54 Å². The molecule has 2 aromatic rings. The van der Waals surface area contributed by atoms with Crippen LogP contribution in [0.4, 0.5) is 0 Å². The van der Waals surface area contributed by atoms with Gasteiger partial charge in [-0.05, 0) is 35.5 Å². The number of amides is 1. The lowest BCUT2D eigenvalue weighted by Crippen LogP contribution is -2.47. The molecule has 8 heteroatoms. The Labute approximate surface area is 188 Å². The Bertz CT molecular complexity index is 945. The zero-order chi connectivity index (χ0) is 23.1. The monoisotopic (exact) mass is 438 g/mol. The summed E-state index contributed by atoms with van der Waals surface area (Å²) >= 11 is 0. The molecule has 0 fully saturated rings. The van der Waals surface area contributed by atoms with Crippen LogP contribution in [0.3, 0.4) is 0 Å². The summed E-state index contributed by atoms with van der Waals surface area (Å²) < 4.78 is 0. The maximum absolute atomic E-state index is 12.9. The third-order valence-corrected chi connectivity index (χ3v) is 5.90. The first kappa shape index (κ1) is 23.5. The summed E-state index contributed by atoms with van der Waals surface area (Å²) in [6.45, 7) is 6.61. The van der Waals surface area contributed by atoms with Gasteiger partial charge in [0, 0.05) is 18.9 Å². The fourth-order valence-electron chi connectivity index (χ4n) is 4.15. The third kappa shape index (κ3) is 5.75. The van der Waals surface area contributed by atoms with Crippen LogP contribution in [0, 0.1) is 5.92 Å². The van der Waals surface area contributed by atoms with Gasteiger partial charge in [0.1, 0.15) is 6.04 Å². The molecule has 1 aromatic heterocycles. The lowest BCUT2D eigenvalue weighted by atomic mass is 9.85. The fourth-order valence-corrected chi connectivity index (χ4v) is 4.15. The summed E-state index contributed by atoms with van der Waals surface area (Å²) in [4.78, 5) is 27.9. The van der Waals surface area contributed by atoms with Crippen molar-refractivity contribution in [1.82, 2.24) is 25.3 Å². The highest BCUT2D eigenvalue weighted by Crippen LogP contribution is 2.32. The number of allylic oxidation sites excluding steroid dienone is 4. The van der Waals surface area contributed by atoms with Crippen LogP contribution in [0.25, 0.3) is 0 Å². The maximum Gasteiger partial charge on any atom is 0.326 e. The zero-order valence-electron chi connectivity index (χ0n) is 19.0. The summed E-state index contributed by atoms with van der Waals surface area (Å²) in [7, 11) is 0. The van der Waals surface area contributed by atoms with E-state index >= 15 is 0 Å². The minimum Gasteiger partial charge on any atom is -0.480 e. The molecule has 0 bridgehead atoms. The lowest BCUT2D eigenvalue weighted by molar-refractivity contribution is -0.153. The molecule has 0 aliphatic heterocycles. The van der Waals surface area contributed by atoms with E-state index in [1.165, 1.54) is 16.0 Å². The normalized spacial score (nSPS) is 16.8. The largest absolute Gasteiger partial charge is 0.480 e. The maximum atomic E-state index is 12.9. The number of aromatic nitrogens is 4. The smallest absolute Gasteiger partial charge is 0.326 e. The van der Waals surface area contributed by atoms with Gasteiger partial charge in [-0.3, -0.25) is 9.59 Å². The summed E-state index contributed by atoms with van der Waals surface area (Å²) in [5.41, 5.74) is 3.31. The van der Waals surface area contributed by atoms with Crippen LogP contribution >= 0.6 is 0 Å². The average molecular weight is 439 g/mol. The molecule has 0 radical (unpaired) electrons. The Hall–Kier alpha value is -3.16. The van der Waals surface area contributed by atoms with Crippen LogP contribution in [-0.2, 0) is 22.7 Å². The van der Waals surface area contributed by atoms with E-state index in [0.29, 0.717) is 13.0 Å². The highest BCUT2D eigenvalue weighted by Gasteiger charge is 2.32. The molecule has 0 saturated heterocycles. The molecule has 0 spiro atoms. The molecule has 2 atom stereocenters. The van der Waals surface area contributed by atoms with Crippen molar-refractivity contribution in [3.63, 3.8) is 0 Å². The number of carbonyl (C=O) groups excluding carboxylic acids is 1. The van der Waals surface area contributed by atoms with E-state index in [1.54, 1.807) is 4.80 Å². The van der Waals surface area contributed by atoms with E-state index in [4.69, 9.17) is 0 Å². The zero-order valence-corrected chi connectivity index (χ0v) is 19.0. The van der Waals surface area contributed by atoms with Gasteiger partial charge in [0.2, 0.25) is 5.91 Å². The molecule has 1 aromatic carbocycles. The SMILES string of the molecule is CCCCC(=O)N(Cc1ccc(C2CC=CC=C2Cn2nn[n-]2)cc1)[C@H](C(=O)O)C(C)C. The number of rotatable bonds is 11. The van der Waals surface area contributed by atoms with Crippen molar-refractivity contribution in [2.45, 2.75) is 71.5 Å². The highest BCUT2D eigenvalue weighted by molar-refractivity contribution is 5.83. The van der Waals surface area contributed by atoms with Crippen molar-refractivity contribution in [3.8, 4) is 0 Å². The molecule has 172 valence electrons. The number of benzene rings is 1. The second-order valence-electron chi connectivity index (χ2n) is 8.65. The molecule has 1 N–H and O–H groups in total. The van der Waals surface area contributed by atoms with Crippen molar-refractivity contribution in [3.05, 3.63) is 59.2 Å². The van der Waals surface area contributed by atoms with E-state index < -0.39 is 12.0 Å². The molecule has 1 aliphatic rings. The van der Waals surface area contributed by atoms with Gasteiger partial charge in [-0.15, -0.1) is 0 Å². The van der Waals surface area contributed by atoms with Crippen LogP contribution in [0.15, 0.2) is 48.1 Å². The van der Waals surface area contributed by atoms with Crippen LogP contribution in [0.5, 0.6) is 0 Å². The van der Waals surface area contributed by atoms with Crippen molar-refractivity contribution < 1.29 is 14.7 Å². The molecule has 32 heavy (non-hydrogen) atoms. The fraction of sp³-hybridized carbons (Fsp3) is 0.500. The molecule has 1 aliphatic carbocycles. The van der Waals surface area contributed by atoms with Gasteiger partial charge < -0.3 is 10.0 Å². The van der Waals surface area contributed by atoms with Crippen molar-refractivity contribution in [2.75, 3.05) is 0 Å². The lowest BCUT2D eigenvalue weighted by Gasteiger charge is -2.32. The predicted octanol–water partition coefficient (Wildman–Crippen LogP) is 3.53. The summed E-state index contributed by atoms with van der Waals surface area (Å²) in [5.74, 6) is -1.01. The van der Waals surface area contributed by atoms with Crippen molar-refractivity contribution in [1.29, 1.82) is 0 Å². The van der Waals surface area contributed by atoms with Crippen LogP contribution < -0.4 is 5.21 Å². The number of hydrogen-bond acceptors (Lipinski definition) is 4. The third-order valence-electron chi connectivity index (χ3n) is 5.90. The van der Waals surface area contributed by atoms with Crippen LogP contribution in [0.1, 0.15) is 63.5 Å². The minimum absolute atomic E-state index is 0.105. The van der Waals surface area contributed by atoms with E-state index in [1.807, 2.05) is 32.9 Å². The van der Waals surface area contributed by atoms with E-state index in [-0.39, 0.29) is 24.3 Å². The Kier molecular flexibility index (Phi) is 8.03. The van der Waals surface area contributed by atoms with Gasteiger partial charge in [-0.1, -0.05) is 69.7 Å². The van der Waals surface area contributed by atoms with Gasteiger partial charge in [0.25, 0.3) is 0 Å². The van der Waals surface area contributed by atoms with Crippen molar-refractivity contribution >= 4 is 11.9 Å². The van der Waals surface area contributed by atoms with Gasteiger partial charge in [-0.25, -0.2) is 4.79 Å². The summed E-state index contributed by atoms with van der Waals surface area (Å²) in [6, 6.07) is 7.30. The number of aliphatic carboxylic acids is 1. The van der Waals surface area contributed by atoms with Crippen LogP contribution in [-0.4, -0.2) is 43.1 Å². The number of unbranched alkanes of at least 4 members (excludes halogenated alkanes) is 1. The standard InChI is InChI=1S/C24H33N5O3/c1-4-5-10-22(30)28(23(17(2)3)24(31)32)15-18-11-13-19(14-12-18)21-9-7-6-8-20(21)16-29-26-25-27-29/h6-8,11-14,17,21,23H,4-5,9-10,15-16H2,1-3H3,(H2,26,27,31,32)/p-1/t21?,23-/m0/s1. The molecule has 1 heterocycles. The first-order valence-electron chi connectivity index (χ1n) is 11.3. The Morgan fingerprint density at radius 3 is 2.56 bits per heavy atom. The van der Waals surface area contributed by atoms with E-state index in [9.17, 15) is 14.7 Å². The number of carbonyl (C=O) groups is 2. The van der Waals surface area contributed by atoms with Crippen LogP contribution in [0.2, 0.25) is 0 Å². The predicted molar refractivity (Wildman–Crippen MR) is 121 cm³/mol. The van der Waals surface area contributed by atoms with Gasteiger partial charge in [-0.2, -0.15) is 15.6 Å². The molecular formula is C24H32N5O3-. The Morgan fingerprint density at radius 2 is 2.00 bits per heavy atom. The number of nitrogens with zero attached hydrogens (tertiary/aromatic N) is 5. The average Bonchev–Trinajstić information content (AvgIpc) is 2.74. The molecule has 1 amide bonds. The van der Waals surface area contributed by atoms with Gasteiger partial charge >= 0.3 is 5.97 Å². The Morgan fingerprint density at radius 1 is 1.28 bits per heavy atom. The Balaban J connectivity index is 1.77. The van der Waals surface area contributed by atoms with Gasteiger partial charge in [0.15, 0.2) is 0 Å². The highest BCUT2D eigenvalue weighted by atomic mass is 16.4. The molecule has 1 unspecified atom stereocenters. The topological polar surface area (TPSA) is 102 Å². The number of carboxylic acids is 1. The minimum atomic E-state index is -0.959. The summed E-state index contributed by atoms with van der Waals surface area (Å²) in [6.07, 6.45) is 9.20. The summed E-state index contributed by atoms with van der Waals surface area (Å²) in [5, 5.41) is 21.0. The molecule has 0 saturated carbocycles. The van der Waals surface area contributed by atoms with Crippen molar-refractivity contribution in [2.24, 2.45) is 5.92 Å². The second-order valence-corrected chi connectivity index (χ2v) is 8.65. The first-order valence-corrected chi connectivity index (χ1v) is 11.3. The quantitative estimate of drug-likeness (QED) is 0.576. The molecular weight excluding hydrogens is 406 g/mol. The molecule has 3 rings (SSSR count). The second kappa shape index (κ2) is 10.9. The van der Waals surface area contributed by atoms with E-state index in [2.05, 4.69) is 46.0 Å². The molecule has 8 nitrogen and oxygen atoms in total. The first-order chi connectivity index (χ1) is 15.4. The number of carboxylic acid groups (broad SMARTS) is 1.